The summed E-state index contributed by atoms with van der Waals surface area (Å²) < 4.78 is 28.4. The van der Waals surface area contributed by atoms with Crippen LogP contribution in [0.1, 0.15) is 36.1 Å². The van der Waals surface area contributed by atoms with Crippen LogP contribution in [0.25, 0.3) is 10.2 Å². The number of rotatable bonds is 5. The number of hydrogen-bond donors (Lipinski definition) is 3. The predicted molar refractivity (Wildman–Crippen MR) is 108 cm³/mol. The van der Waals surface area contributed by atoms with E-state index in [1.165, 1.54) is 16.2 Å². The topological polar surface area (TPSA) is 99.2 Å². The van der Waals surface area contributed by atoms with E-state index in [1.54, 1.807) is 17.7 Å². The van der Waals surface area contributed by atoms with E-state index in [9.17, 15) is 8.42 Å². The first-order valence-electron chi connectivity index (χ1n) is 9.39. The summed E-state index contributed by atoms with van der Waals surface area (Å²) in [4.78, 5) is 11.1. The molecule has 0 saturated heterocycles. The third kappa shape index (κ3) is 3.68. The Morgan fingerprint density at radius 2 is 1.89 bits per heavy atom. The smallest absolute Gasteiger partial charge is 0.279 e. The van der Waals surface area contributed by atoms with Crippen molar-refractivity contribution in [1.29, 1.82) is 0 Å². The molecular weight excluding hydrogens is 384 g/mol. The third-order valence-corrected chi connectivity index (χ3v) is 8.37. The molecule has 2 aromatic heterocycles. The molecule has 10 heteroatoms. The summed E-state index contributed by atoms with van der Waals surface area (Å²) in [5.74, 6) is 0.842. The molecule has 1 fully saturated rings. The summed E-state index contributed by atoms with van der Waals surface area (Å²) in [6, 6.07) is 0.992. The van der Waals surface area contributed by atoms with Gasteiger partial charge in [0.1, 0.15) is 17.0 Å². The first-order chi connectivity index (χ1) is 13.0. The Balaban J connectivity index is 1.63. The number of thiophene rings is 1. The Kier molecular flexibility index (Phi) is 5.34. The highest BCUT2D eigenvalue weighted by atomic mass is 32.2. The Labute approximate surface area is 164 Å². The van der Waals surface area contributed by atoms with Gasteiger partial charge in [0.15, 0.2) is 0 Å². The van der Waals surface area contributed by atoms with Crippen molar-refractivity contribution in [2.45, 2.75) is 50.7 Å². The summed E-state index contributed by atoms with van der Waals surface area (Å²) in [6.07, 6.45) is 6.82. The van der Waals surface area contributed by atoms with Crippen molar-refractivity contribution in [3.05, 3.63) is 16.8 Å². The lowest BCUT2D eigenvalue weighted by Crippen LogP contribution is -2.41. The minimum Gasteiger partial charge on any atom is -0.367 e. The molecule has 0 unspecified atom stereocenters. The van der Waals surface area contributed by atoms with Gasteiger partial charge in [0.2, 0.25) is 0 Å². The van der Waals surface area contributed by atoms with Crippen LogP contribution in [0.3, 0.4) is 0 Å². The maximum Gasteiger partial charge on any atom is 0.279 e. The summed E-state index contributed by atoms with van der Waals surface area (Å²) in [5, 5.41) is 7.97. The van der Waals surface area contributed by atoms with Gasteiger partial charge >= 0.3 is 0 Å². The fraction of sp³-hybridized carbons (Fsp3) is 0.647. The first-order valence-corrected chi connectivity index (χ1v) is 11.6. The SMILES string of the molecule is CNS(=O)(=O)N1CCc2sc3ncnc(N[C@H]4CC[C@H](NC)CC4)c3c2C1. The van der Waals surface area contributed by atoms with E-state index < -0.39 is 10.2 Å². The molecule has 0 aromatic carbocycles. The highest BCUT2D eigenvalue weighted by Gasteiger charge is 2.30. The Morgan fingerprint density at radius 3 is 2.59 bits per heavy atom. The van der Waals surface area contributed by atoms with Crippen LogP contribution in [0.15, 0.2) is 6.33 Å². The van der Waals surface area contributed by atoms with Crippen LogP contribution in [0.2, 0.25) is 0 Å². The highest BCUT2D eigenvalue weighted by molar-refractivity contribution is 7.87. The van der Waals surface area contributed by atoms with Gasteiger partial charge < -0.3 is 10.6 Å². The largest absolute Gasteiger partial charge is 0.367 e. The van der Waals surface area contributed by atoms with Crippen molar-refractivity contribution < 1.29 is 8.42 Å². The second-order valence-electron chi connectivity index (χ2n) is 7.18. The normalized spacial score (nSPS) is 24.1. The van der Waals surface area contributed by atoms with E-state index in [2.05, 4.69) is 25.3 Å². The summed E-state index contributed by atoms with van der Waals surface area (Å²) in [5.41, 5.74) is 1.05. The zero-order valence-electron chi connectivity index (χ0n) is 15.7. The molecule has 0 spiro atoms. The monoisotopic (exact) mass is 410 g/mol. The Bertz CT molecular complexity index is 921. The molecule has 3 N–H and O–H groups in total. The number of hydrogen-bond acceptors (Lipinski definition) is 7. The molecule has 1 saturated carbocycles. The minimum absolute atomic E-state index is 0.368. The fourth-order valence-corrected chi connectivity index (χ4v) is 6.08. The molecule has 3 heterocycles. The Hall–Kier alpha value is -1.33. The van der Waals surface area contributed by atoms with Crippen LogP contribution >= 0.6 is 11.3 Å². The molecule has 27 heavy (non-hydrogen) atoms. The van der Waals surface area contributed by atoms with E-state index in [0.717, 1.165) is 47.3 Å². The average Bonchev–Trinajstić information content (AvgIpc) is 3.07. The molecule has 0 radical (unpaired) electrons. The van der Waals surface area contributed by atoms with E-state index in [4.69, 9.17) is 0 Å². The van der Waals surface area contributed by atoms with Gasteiger partial charge in [-0.3, -0.25) is 0 Å². The van der Waals surface area contributed by atoms with Gasteiger partial charge in [-0.05, 0) is 44.7 Å². The molecule has 0 bridgehead atoms. The highest BCUT2D eigenvalue weighted by Crippen LogP contribution is 2.38. The van der Waals surface area contributed by atoms with Crippen LogP contribution in [0.4, 0.5) is 5.82 Å². The molecular formula is C17H26N6O2S2. The lowest BCUT2D eigenvalue weighted by molar-refractivity contribution is 0.371. The molecule has 0 amide bonds. The lowest BCUT2D eigenvalue weighted by Gasteiger charge is -2.29. The van der Waals surface area contributed by atoms with Gasteiger partial charge in [-0.15, -0.1) is 11.3 Å². The maximum absolute atomic E-state index is 12.2. The average molecular weight is 411 g/mol. The number of anilines is 1. The molecule has 1 aliphatic heterocycles. The fourth-order valence-electron chi connectivity index (χ4n) is 4.05. The number of nitrogens with zero attached hydrogens (tertiary/aromatic N) is 3. The van der Waals surface area contributed by atoms with E-state index in [0.29, 0.717) is 31.6 Å². The summed E-state index contributed by atoms with van der Waals surface area (Å²) in [6.45, 7) is 0.861. The number of aromatic nitrogens is 2. The van der Waals surface area contributed by atoms with Crippen molar-refractivity contribution in [2.75, 3.05) is 26.0 Å². The van der Waals surface area contributed by atoms with Crippen molar-refractivity contribution in [2.24, 2.45) is 0 Å². The van der Waals surface area contributed by atoms with Gasteiger partial charge in [-0.1, -0.05) is 0 Å². The second kappa shape index (κ2) is 7.59. The molecule has 2 aliphatic rings. The quantitative estimate of drug-likeness (QED) is 0.690. The van der Waals surface area contributed by atoms with Crippen LogP contribution in [0.5, 0.6) is 0 Å². The standard InChI is InChI=1S/C17H26N6O2S2/c1-18-11-3-5-12(6-4-11)22-16-15-13-9-23(27(24,25)19-2)8-7-14(13)26-17(15)21-10-20-16/h10-12,18-19H,3-9H2,1-2H3,(H,20,21,22)/t11-,12-. The number of nitrogens with one attached hydrogen (secondary N) is 3. The van der Waals surface area contributed by atoms with Gasteiger partial charge in [-0.2, -0.15) is 12.7 Å². The zero-order valence-corrected chi connectivity index (χ0v) is 17.3. The van der Waals surface area contributed by atoms with Gasteiger partial charge in [0, 0.05) is 37.1 Å². The maximum atomic E-state index is 12.2. The molecule has 148 valence electrons. The number of fused-ring (bicyclic) bond motifs is 3. The van der Waals surface area contributed by atoms with Crippen LogP contribution in [0, 0.1) is 0 Å². The van der Waals surface area contributed by atoms with Crippen LogP contribution < -0.4 is 15.4 Å². The second-order valence-corrected chi connectivity index (χ2v) is 10.1. The van der Waals surface area contributed by atoms with Crippen LogP contribution in [-0.4, -0.2) is 55.4 Å². The first kappa shape index (κ1) is 19.0. The van der Waals surface area contributed by atoms with Crippen molar-refractivity contribution in [1.82, 2.24) is 24.3 Å². The lowest BCUT2D eigenvalue weighted by atomic mass is 9.91. The van der Waals surface area contributed by atoms with Crippen molar-refractivity contribution in [3.63, 3.8) is 0 Å². The molecule has 1 aliphatic carbocycles. The van der Waals surface area contributed by atoms with Crippen LogP contribution in [-0.2, 0) is 23.2 Å². The third-order valence-electron chi connectivity index (χ3n) is 5.67. The predicted octanol–water partition coefficient (Wildman–Crippen LogP) is 1.46. The van der Waals surface area contributed by atoms with Crippen molar-refractivity contribution in [3.8, 4) is 0 Å². The van der Waals surface area contributed by atoms with E-state index in [1.807, 2.05) is 7.05 Å². The molecule has 4 rings (SSSR count). The molecule has 8 nitrogen and oxygen atoms in total. The van der Waals surface area contributed by atoms with Gasteiger partial charge in [-0.25, -0.2) is 14.7 Å². The van der Waals surface area contributed by atoms with E-state index in [-0.39, 0.29) is 0 Å². The summed E-state index contributed by atoms with van der Waals surface area (Å²) in [7, 11) is 0.0355. The Morgan fingerprint density at radius 1 is 1.15 bits per heavy atom. The van der Waals surface area contributed by atoms with Crippen molar-refractivity contribution >= 4 is 37.6 Å². The zero-order chi connectivity index (χ0) is 19.0. The van der Waals surface area contributed by atoms with Gasteiger partial charge in [0.05, 0.1) is 5.39 Å². The van der Waals surface area contributed by atoms with Gasteiger partial charge in [0.25, 0.3) is 10.2 Å². The molecule has 0 atom stereocenters. The summed E-state index contributed by atoms with van der Waals surface area (Å²) >= 11 is 1.66. The minimum atomic E-state index is -3.44. The molecule has 2 aromatic rings. The van der Waals surface area contributed by atoms with E-state index >= 15 is 0 Å².